The minimum Gasteiger partial charge on any atom is -0.295 e. The number of hydrogen-bond donors (Lipinski definition) is 0. The van der Waals surface area contributed by atoms with Crippen molar-refractivity contribution in [3.63, 3.8) is 0 Å². The summed E-state index contributed by atoms with van der Waals surface area (Å²) in [4.78, 5) is 11.3. The molecule has 0 aromatic carbocycles. The Balaban J connectivity index is 2.93. The molecule has 11 heavy (non-hydrogen) atoms. The summed E-state index contributed by atoms with van der Waals surface area (Å²) in [6, 6.07) is 0. The van der Waals surface area contributed by atoms with Gasteiger partial charge >= 0.3 is 0 Å². The normalized spacial score (nSPS) is 18.5. The second kappa shape index (κ2) is 2.62. The van der Waals surface area contributed by atoms with E-state index in [0.29, 0.717) is 10.9 Å². The molecule has 0 bridgehead atoms. The van der Waals surface area contributed by atoms with Gasteiger partial charge in [-0.3, -0.25) is 9.28 Å². The molecule has 0 fully saturated rings. The number of carbonyl (C=O) groups is 1. The van der Waals surface area contributed by atoms with Crippen molar-refractivity contribution in [2.24, 2.45) is 0 Å². The molecule has 1 aliphatic rings. The van der Waals surface area contributed by atoms with Crippen molar-refractivity contribution in [2.75, 3.05) is 21.1 Å². The second-order valence-electron chi connectivity index (χ2n) is 3.62. The maximum absolute atomic E-state index is 11.3. The number of ketones is 1. The van der Waals surface area contributed by atoms with E-state index in [-0.39, 0.29) is 5.78 Å². The topological polar surface area (TPSA) is 17.1 Å². The molecule has 0 amide bonds. The van der Waals surface area contributed by atoms with Crippen LogP contribution in [-0.4, -0.2) is 31.4 Å². The lowest BCUT2D eigenvalue weighted by molar-refractivity contribution is -0.826. The molecule has 1 aliphatic carbocycles. The summed E-state index contributed by atoms with van der Waals surface area (Å²) in [5, 5.41) is 0. The summed E-state index contributed by atoms with van der Waals surface area (Å²) in [7, 11) is 6.01. The monoisotopic (exact) mass is 152 g/mol. The van der Waals surface area contributed by atoms with Crippen molar-refractivity contribution in [1.82, 2.24) is 0 Å². The zero-order valence-corrected chi connectivity index (χ0v) is 7.29. The Morgan fingerprint density at radius 1 is 1.36 bits per heavy atom. The highest BCUT2D eigenvalue weighted by Gasteiger charge is 2.23. The van der Waals surface area contributed by atoms with E-state index in [9.17, 15) is 4.79 Å². The Labute approximate surface area is 67.4 Å². The molecule has 0 N–H and O–H groups in total. The Bertz CT molecular complexity index is 230. The van der Waals surface area contributed by atoms with Gasteiger partial charge in [-0.25, -0.2) is 0 Å². The van der Waals surface area contributed by atoms with E-state index in [1.165, 1.54) is 0 Å². The molecule has 2 nitrogen and oxygen atoms in total. The van der Waals surface area contributed by atoms with E-state index in [2.05, 4.69) is 0 Å². The molecule has 0 heterocycles. The number of Topliss-reactive ketones (excluding diaryl/α,β-unsaturated/α-hetero) is 1. The van der Waals surface area contributed by atoms with E-state index < -0.39 is 0 Å². The highest BCUT2D eigenvalue weighted by molar-refractivity contribution is 5.95. The molecule has 0 atom stereocenters. The minimum atomic E-state index is 0.236. The van der Waals surface area contributed by atoms with E-state index in [4.69, 9.17) is 0 Å². The minimum absolute atomic E-state index is 0.236. The quantitative estimate of drug-likeness (QED) is 0.514. The Morgan fingerprint density at radius 3 is 2.36 bits per heavy atom. The Morgan fingerprint density at radius 2 is 2.00 bits per heavy atom. The Kier molecular flexibility index (Phi) is 1.96. The lowest BCUT2D eigenvalue weighted by atomic mass is 10.1. The summed E-state index contributed by atoms with van der Waals surface area (Å²) in [6.45, 7) is 0. The molecule has 0 aromatic rings. The first-order valence-corrected chi connectivity index (χ1v) is 3.74. The lowest BCUT2D eigenvalue weighted by Crippen LogP contribution is -2.37. The molecule has 0 radical (unpaired) electrons. The van der Waals surface area contributed by atoms with Crippen molar-refractivity contribution < 1.29 is 9.28 Å². The standard InChI is InChI=1S/C9H14NO/c1-10(2,3)8-6-4-5-7-9(8)11/h4-6H,7H2,1-3H3/q+1. The molecule has 0 aromatic heterocycles. The van der Waals surface area contributed by atoms with Crippen LogP contribution in [0.2, 0.25) is 0 Å². The number of nitrogens with zero attached hydrogens (tertiary/aromatic N) is 1. The number of carbonyl (C=O) groups excluding carboxylic acids is 1. The molecule has 1 rings (SSSR count). The van der Waals surface area contributed by atoms with Gasteiger partial charge in [0.05, 0.1) is 21.1 Å². The van der Waals surface area contributed by atoms with Gasteiger partial charge in [0.2, 0.25) is 5.78 Å². The van der Waals surface area contributed by atoms with Gasteiger partial charge in [-0.05, 0) is 0 Å². The van der Waals surface area contributed by atoms with Crippen molar-refractivity contribution in [3.05, 3.63) is 23.9 Å². The van der Waals surface area contributed by atoms with Gasteiger partial charge in [0.25, 0.3) is 0 Å². The summed E-state index contributed by atoms with van der Waals surface area (Å²) < 4.78 is 0.614. The summed E-state index contributed by atoms with van der Waals surface area (Å²) >= 11 is 0. The van der Waals surface area contributed by atoms with Crippen LogP contribution in [0.25, 0.3) is 0 Å². The predicted octanol–water partition coefficient (Wildman–Crippen LogP) is 1.11. The van der Waals surface area contributed by atoms with Gasteiger partial charge < -0.3 is 0 Å². The first-order valence-electron chi connectivity index (χ1n) is 3.74. The smallest absolute Gasteiger partial charge is 0.219 e. The van der Waals surface area contributed by atoms with Crippen LogP contribution in [0.3, 0.4) is 0 Å². The average Bonchev–Trinajstić information content (AvgIpc) is 1.86. The third kappa shape index (κ3) is 1.77. The third-order valence-corrected chi connectivity index (χ3v) is 1.70. The molecule has 0 aliphatic heterocycles. The zero-order valence-electron chi connectivity index (χ0n) is 7.29. The van der Waals surface area contributed by atoms with Crippen LogP contribution >= 0.6 is 0 Å². The maximum Gasteiger partial charge on any atom is 0.219 e. The summed E-state index contributed by atoms with van der Waals surface area (Å²) in [5.74, 6) is 0.236. The van der Waals surface area contributed by atoms with Gasteiger partial charge in [-0.1, -0.05) is 12.2 Å². The van der Waals surface area contributed by atoms with Crippen molar-refractivity contribution in [2.45, 2.75) is 6.42 Å². The van der Waals surface area contributed by atoms with Crippen molar-refractivity contribution >= 4 is 5.78 Å². The van der Waals surface area contributed by atoms with Gasteiger partial charge in [-0.15, -0.1) is 0 Å². The Hall–Kier alpha value is -0.890. The molecule has 0 saturated heterocycles. The predicted molar refractivity (Wildman–Crippen MR) is 44.9 cm³/mol. The SMILES string of the molecule is C[N+](C)(C)C1=CC=CCC1=O. The highest BCUT2D eigenvalue weighted by Crippen LogP contribution is 2.14. The number of likely N-dealkylation sites (N-methyl/N-ethyl adjacent to an activating group) is 1. The molecule has 0 spiro atoms. The molecule has 2 heteroatoms. The van der Waals surface area contributed by atoms with Crippen molar-refractivity contribution in [1.29, 1.82) is 0 Å². The van der Waals surface area contributed by atoms with E-state index in [1.54, 1.807) is 0 Å². The van der Waals surface area contributed by atoms with E-state index in [1.807, 2.05) is 39.4 Å². The van der Waals surface area contributed by atoms with Gasteiger partial charge in [0, 0.05) is 12.5 Å². The van der Waals surface area contributed by atoms with Crippen LogP contribution in [-0.2, 0) is 4.79 Å². The lowest BCUT2D eigenvalue weighted by Gasteiger charge is -2.25. The molecule has 60 valence electrons. The first-order chi connectivity index (χ1) is 5.02. The van der Waals surface area contributed by atoms with Gasteiger partial charge in [0.15, 0.2) is 5.70 Å². The van der Waals surface area contributed by atoms with Crippen LogP contribution in [0.1, 0.15) is 6.42 Å². The molecule has 0 saturated carbocycles. The average molecular weight is 152 g/mol. The zero-order chi connectivity index (χ0) is 8.48. The van der Waals surface area contributed by atoms with Crippen LogP contribution < -0.4 is 0 Å². The molecule has 0 unspecified atom stereocenters. The number of rotatable bonds is 1. The second-order valence-corrected chi connectivity index (χ2v) is 3.62. The van der Waals surface area contributed by atoms with Crippen LogP contribution in [0.4, 0.5) is 0 Å². The van der Waals surface area contributed by atoms with Crippen LogP contribution in [0, 0.1) is 0 Å². The van der Waals surface area contributed by atoms with Gasteiger partial charge in [-0.2, -0.15) is 0 Å². The van der Waals surface area contributed by atoms with E-state index in [0.717, 1.165) is 5.70 Å². The fourth-order valence-corrected chi connectivity index (χ4v) is 1.13. The fourth-order valence-electron chi connectivity index (χ4n) is 1.13. The van der Waals surface area contributed by atoms with E-state index >= 15 is 0 Å². The van der Waals surface area contributed by atoms with Crippen LogP contribution in [0.15, 0.2) is 23.9 Å². The summed E-state index contributed by atoms with van der Waals surface area (Å²) in [5.41, 5.74) is 0.882. The largest absolute Gasteiger partial charge is 0.295 e. The van der Waals surface area contributed by atoms with Crippen molar-refractivity contribution in [3.8, 4) is 0 Å². The molecular weight excluding hydrogens is 138 g/mol. The highest BCUT2D eigenvalue weighted by atomic mass is 16.1. The fraction of sp³-hybridized carbons (Fsp3) is 0.444. The van der Waals surface area contributed by atoms with Crippen LogP contribution in [0.5, 0.6) is 0 Å². The first kappa shape index (κ1) is 8.21. The molecular formula is C9H14NO+. The maximum atomic E-state index is 11.3. The van der Waals surface area contributed by atoms with Gasteiger partial charge in [0.1, 0.15) is 0 Å². The number of hydrogen-bond acceptors (Lipinski definition) is 1. The third-order valence-electron chi connectivity index (χ3n) is 1.70. The number of quaternary nitrogens is 1. The summed E-state index contributed by atoms with van der Waals surface area (Å²) in [6.07, 6.45) is 6.29. The number of allylic oxidation sites excluding steroid dienone is 4.